The Morgan fingerprint density at radius 1 is 0.462 bits per heavy atom. The van der Waals surface area contributed by atoms with Crippen LogP contribution in [0.2, 0.25) is 0 Å². The molecule has 0 amide bonds. The SMILES string of the molecule is N=Cc1cc(-c2cccc(-c3cc(-c4ccccc4)cc(-c4ccccc4)n3)c2)ccc1Nc1ccccc1. The number of nitrogens with one attached hydrogen (secondary N) is 2. The van der Waals surface area contributed by atoms with Gasteiger partial charge in [0.15, 0.2) is 0 Å². The maximum absolute atomic E-state index is 8.02. The maximum Gasteiger partial charge on any atom is 0.0715 e. The van der Waals surface area contributed by atoms with Gasteiger partial charge in [-0.15, -0.1) is 0 Å². The zero-order valence-corrected chi connectivity index (χ0v) is 21.4. The van der Waals surface area contributed by atoms with E-state index in [-0.39, 0.29) is 0 Å². The van der Waals surface area contributed by atoms with Gasteiger partial charge in [0.05, 0.1) is 11.4 Å². The number of hydrogen-bond donors (Lipinski definition) is 2. The Hall–Kier alpha value is -5.28. The molecule has 0 unspecified atom stereocenters. The van der Waals surface area contributed by atoms with Crippen LogP contribution in [0.4, 0.5) is 11.4 Å². The summed E-state index contributed by atoms with van der Waals surface area (Å²) in [6.07, 6.45) is 1.40. The Bertz CT molecular complexity index is 1670. The lowest BCUT2D eigenvalue weighted by Gasteiger charge is -2.13. The second kappa shape index (κ2) is 11.0. The first-order valence-electron chi connectivity index (χ1n) is 13.0. The molecule has 0 fully saturated rings. The van der Waals surface area contributed by atoms with Gasteiger partial charge in [0.25, 0.3) is 0 Å². The van der Waals surface area contributed by atoms with Crippen molar-refractivity contribution in [1.29, 1.82) is 5.41 Å². The predicted octanol–water partition coefficient (Wildman–Crippen LogP) is 9.49. The topological polar surface area (TPSA) is 48.8 Å². The van der Waals surface area contributed by atoms with Crippen molar-refractivity contribution in [1.82, 2.24) is 4.98 Å². The first-order chi connectivity index (χ1) is 19.3. The van der Waals surface area contributed by atoms with Crippen LogP contribution in [0, 0.1) is 5.41 Å². The highest BCUT2D eigenvalue weighted by molar-refractivity contribution is 5.90. The molecule has 3 nitrogen and oxygen atoms in total. The minimum absolute atomic E-state index is 0.831. The van der Waals surface area contributed by atoms with Gasteiger partial charge in [-0.25, -0.2) is 4.98 Å². The van der Waals surface area contributed by atoms with E-state index in [1.807, 2.05) is 60.7 Å². The molecule has 5 aromatic carbocycles. The van der Waals surface area contributed by atoms with Crippen LogP contribution in [0.25, 0.3) is 44.8 Å². The summed E-state index contributed by atoms with van der Waals surface area (Å²) >= 11 is 0. The summed E-state index contributed by atoms with van der Waals surface area (Å²) in [6.45, 7) is 0. The molecule has 1 aromatic heterocycles. The fourth-order valence-electron chi connectivity index (χ4n) is 4.74. The molecule has 0 aliphatic carbocycles. The average molecular weight is 502 g/mol. The van der Waals surface area contributed by atoms with E-state index in [4.69, 9.17) is 10.4 Å². The lowest BCUT2D eigenvalue weighted by atomic mass is 9.97. The number of para-hydroxylation sites is 1. The normalized spacial score (nSPS) is 10.7. The van der Waals surface area contributed by atoms with E-state index < -0.39 is 0 Å². The lowest BCUT2D eigenvalue weighted by Crippen LogP contribution is -1.96. The van der Waals surface area contributed by atoms with E-state index in [2.05, 4.69) is 90.2 Å². The number of benzene rings is 5. The van der Waals surface area contributed by atoms with Gasteiger partial charge >= 0.3 is 0 Å². The van der Waals surface area contributed by atoms with Gasteiger partial charge in [-0.3, -0.25) is 0 Å². The van der Waals surface area contributed by atoms with Crippen molar-refractivity contribution in [2.45, 2.75) is 0 Å². The van der Waals surface area contributed by atoms with Crippen LogP contribution in [0.3, 0.4) is 0 Å². The monoisotopic (exact) mass is 501 g/mol. The summed E-state index contributed by atoms with van der Waals surface area (Å²) in [5.74, 6) is 0. The highest BCUT2D eigenvalue weighted by Gasteiger charge is 2.11. The minimum atomic E-state index is 0.831. The molecule has 1 heterocycles. The van der Waals surface area contributed by atoms with Crippen LogP contribution in [0.5, 0.6) is 0 Å². The Morgan fingerprint density at radius 3 is 1.72 bits per heavy atom. The van der Waals surface area contributed by atoms with E-state index in [0.717, 1.165) is 61.7 Å². The second-order valence-electron chi connectivity index (χ2n) is 9.38. The fraction of sp³-hybridized carbons (Fsp3) is 0. The third-order valence-electron chi connectivity index (χ3n) is 6.75. The van der Waals surface area contributed by atoms with E-state index in [0.29, 0.717) is 0 Å². The Balaban J connectivity index is 1.40. The summed E-state index contributed by atoms with van der Waals surface area (Å²) in [5, 5.41) is 11.4. The molecule has 39 heavy (non-hydrogen) atoms. The fourth-order valence-corrected chi connectivity index (χ4v) is 4.74. The molecule has 0 saturated heterocycles. The summed E-state index contributed by atoms with van der Waals surface area (Å²) in [4.78, 5) is 5.08. The van der Waals surface area contributed by atoms with Gasteiger partial charge in [0, 0.05) is 34.3 Å². The highest BCUT2D eigenvalue weighted by Crippen LogP contribution is 2.33. The number of hydrogen-bond acceptors (Lipinski definition) is 3. The van der Waals surface area contributed by atoms with E-state index in [1.54, 1.807) is 0 Å². The van der Waals surface area contributed by atoms with Crippen LogP contribution >= 0.6 is 0 Å². The maximum atomic E-state index is 8.02. The Labute approximate surface area is 229 Å². The van der Waals surface area contributed by atoms with Gasteiger partial charge in [0.1, 0.15) is 0 Å². The summed E-state index contributed by atoms with van der Waals surface area (Å²) in [5.41, 5.74) is 11.2. The van der Waals surface area contributed by atoms with Crippen molar-refractivity contribution in [3.63, 3.8) is 0 Å². The smallest absolute Gasteiger partial charge is 0.0715 e. The molecule has 0 spiro atoms. The van der Waals surface area contributed by atoms with Gasteiger partial charge in [-0.1, -0.05) is 103 Å². The molecule has 3 heteroatoms. The van der Waals surface area contributed by atoms with Crippen molar-refractivity contribution >= 4 is 17.6 Å². The molecule has 6 aromatic rings. The Morgan fingerprint density at radius 2 is 1.03 bits per heavy atom. The van der Waals surface area contributed by atoms with Gasteiger partial charge < -0.3 is 10.7 Å². The standard InChI is InChI=1S/C36H27N3/c37-25-32-22-29(19-20-34(32)38-33-17-8-3-9-18-33)28-15-10-16-30(21-28)36-24-31(26-11-4-1-5-12-26)23-35(39-36)27-13-6-2-7-14-27/h1-25,37-38H. The molecule has 0 radical (unpaired) electrons. The van der Waals surface area contributed by atoms with Crippen molar-refractivity contribution in [3.05, 3.63) is 151 Å². The number of nitrogens with zero attached hydrogens (tertiary/aromatic N) is 1. The van der Waals surface area contributed by atoms with Crippen LogP contribution < -0.4 is 5.32 Å². The molecular weight excluding hydrogens is 474 g/mol. The van der Waals surface area contributed by atoms with Gasteiger partial charge in [-0.2, -0.15) is 0 Å². The molecule has 0 saturated carbocycles. The number of anilines is 2. The third kappa shape index (κ3) is 5.39. The van der Waals surface area contributed by atoms with Crippen molar-refractivity contribution in [2.24, 2.45) is 0 Å². The average Bonchev–Trinajstić information content (AvgIpc) is 3.02. The van der Waals surface area contributed by atoms with Crippen molar-refractivity contribution in [2.75, 3.05) is 5.32 Å². The minimum Gasteiger partial charge on any atom is -0.355 e. The van der Waals surface area contributed by atoms with Crippen molar-refractivity contribution in [3.8, 4) is 44.8 Å². The molecule has 0 aliphatic heterocycles. The van der Waals surface area contributed by atoms with Crippen LogP contribution in [-0.2, 0) is 0 Å². The van der Waals surface area contributed by atoms with Crippen LogP contribution in [-0.4, -0.2) is 11.2 Å². The van der Waals surface area contributed by atoms with E-state index in [1.165, 1.54) is 6.21 Å². The molecule has 0 atom stereocenters. The predicted molar refractivity (Wildman–Crippen MR) is 164 cm³/mol. The third-order valence-corrected chi connectivity index (χ3v) is 6.75. The first-order valence-corrected chi connectivity index (χ1v) is 13.0. The zero-order valence-electron chi connectivity index (χ0n) is 21.4. The first kappa shape index (κ1) is 24.1. The number of aromatic nitrogens is 1. The van der Waals surface area contributed by atoms with Crippen molar-refractivity contribution < 1.29 is 0 Å². The van der Waals surface area contributed by atoms with Crippen LogP contribution in [0.15, 0.2) is 146 Å². The Kier molecular flexibility index (Phi) is 6.79. The van der Waals surface area contributed by atoms with Crippen LogP contribution in [0.1, 0.15) is 5.56 Å². The molecule has 0 bridgehead atoms. The van der Waals surface area contributed by atoms with E-state index in [9.17, 15) is 0 Å². The molecular formula is C36H27N3. The molecule has 0 aliphatic rings. The molecule has 186 valence electrons. The molecule has 2 N–H and O–H groups in total. The lowest BCUT2D eigenvalue weighted by molar-refractivity contribution is 1.32. The number of pyridine rings is 1. The molecule has 6 rings (SSSR count). The van der Waals surface area contributed by atoms with Gasteiger partial charge in [0.2, 0.25) is 0 Å². The van der Waals surface area contributed by atoms with Gasteiger partial charge in [-0.05, 0) is 64.7 Å². The number of rotatable bonds is 7. The van der Waals surface area contributed by atoms with E-state index >= 15 is 0 Å². The summed E-state index contributed by atoms with van der Waals surface area (Å²) < 4.78 is 0. The largest absolute Gasteiger partial charge is 0.355 e. The second-order valence-corrected chi connectivity index (χ2v) is 9.38. The zero-order chi connectivity index (χ0) is 26.4. The summed E-state index contributed by atoms with van der Waals surface area (Å²) in [6, 6.07) is 49.8. The summed E-state index contributed by atoms with van der Waals surface area (Å²) in [7, 11) is 0. The quantitative estimate of drug-likeness (QED) is 0.214. The highest BCUT2D eigenvalue weighted by atomic mass is 14.9.